The topological polar surface area (TPSA) is 58.6 Å². The summed E-state index contributed by atoms with van der Waals surface area (Å²) in [5.41, 5.74) is 2.26. The monoisotopic (exact) mass is 293 g/mol. The van der Waals surface area contributed by atoms with Crippen LogP contribution in [0.4, 0.5) is 0 Å². The standard InChI is InChI=1S/C17H27NO3/c1-11(2)10-15-6-8-16(9-7-15)12(3)17(20)18-13(4)21-14(5)19/h6-9,11-14,19H,10H2,1-5H3,(H,18,20)/t12-,13-,14-/m1/s1. The first kappa shape index (κ1) is 17.7. The van der Waals surface area contributed by atoms with Gasteiger partial charge in [0.15, 0.2) is 6.29 Å². The number of ether oxygens (including phenoxy) is 1. The minimum atomic E-state index is -0.897. The molecule has 0 radical (unpaired) electrons. The van der Waals surface area contributed by atoms with Crippen LogP contribution in [0.2, 0.25) is 0 Å². The predicted molar refractivity (Wildman–Crippen MR) is 83.8 cm³/mol. The van der Waals surface area contributed by atoms with E-state index in [4.69, 9.17) is 9.84 Å². The Morgan fingerprint density at radius 3 is 2.19 bits per heavy atom. The summed E-state index contributed by atoms with van der Waals surface area (Å²) in [6.45, 7) is 9.45. The van der Waals surface area contributed by atoms with Gasteiger partial charge in [0.1, 0.15) is 6.23 Å². The van der Waals surface area contributed by atoms with Crippen molar-refractivity contribution in [2.45, 2.75) is 59.5 Å². The Labute approximate surface area is 127 Å². The van der Waals surface area contributed by atoms with E-state index in [0.29, 0.717) is 5.92 Å². The summed E-state index contributed by atoms with van der Waals surface area (Å²) in [5, 5.41) is 11.9. The van der Waals surface area contributed by atoms with Gasteiger partial charge in [-0.15, -0.1) is 0 Å². The first-order valence-electron chi connectivity index (χ1n) is 7.52. The maximum atomic E-state index is 12.1. The minimum absolute atomic E-state index is 0.111. The number of amides is 1. The highest BCUT2D eigenvalue weighted by Crippen LogP contribution is 2.18. The van der Waals surface area contributed by atoms with E-state index in [0.717, 1.165) is 12.0 Å². The van der Waals surface area contributed by atoms with Gasteiger partial charge in [-0.05, 0) is 44.2 Å². The van der Waals surface area contributed by atoms with Crippen LogP contribution in [-0.4, -0.2) is 23.5 Å². The summed E-state index contributed by atoms with van der Waals surface area (Å²) < 4.78 is 5.09. The minimum Gasteiger partial charge on any atom is -0.368 e. The molecule has 0 aliphatic heterocycles. The molecule has 4 heteroatoms. The molecular formula is C17H27NO3. The number of aliphatic hydroxyl groups is 1. The number of hydrogen-bond acceptors (Lipinski definition) is 3. The van der Waals surface area contributed by atoms with Gasteiger partial charge >= 0.3 is 0 Å². The molecule has 0 heterocycles. The lowest BCUT2D eigenvalue weighted by atomic mass is 9.96. The van der Waals surface area contributed by atoms with Crippen LogP contribution in [0.1, 0.15) is 51.7 Å². The second-order valence-corrected chi connectivity index (χ2v) is 5.95. The molecule has 1 rings (SSSR count). The maximum absolute atomic E-state index is 12.1. The molecule has 0 saturated carbocycles. The van der Waals surface area contributed by atoms with Crippen molar-refractivity contribution in [3.63, 3.8) is 0 Å². The first-order valence-corrected chi connectivity index (χ1v) is 7.52. The maximum Gasteiger partial charge on any atom is 0.229 e. The van der Waals surface area contributed by atoms with Crippen molar-refractivity contribution in [1.82, 2.24) is 5.32 Å². The van der Waals surface area contributed by atoms with Crippen molar-refractivity contribution in [1.29, 1.82) is 0 Å². The average Bonchev–Trinajstić information content (AvgIpc) is 2.36. The lowest BCUT2D eigenvalue weighted by Gasteiger charge is -2.19. The largest absolute Gasteiger partial charge is 0.368 e. The number of rotatable bonds is 7. The van der Waals surface area contributed by atoms with Crippen LogP contribution in [-0.2, 0) is 16.0 Å². The van der Waals surface area contributed by atoms with Gasteiger partial charge in [0, 0.05) is 0 Å². The molecule has 0 fully saturated rings. The Bertz CT molecular complexity index is 440. The molecule has 0 saturated heterocycles. The summed E-state index contributed by atoms with van der Waals surface area (Å²) in [6.07, 6.45) is -0.369. The molecule has 21 heavy (non-hydrogen) atoms. The molecule has 0 aliphatic carbocycles. The van der Waals surface area contributed by atoms with Gasteiger partial charge in [-0.25, -0.2) is 0 Å². The Morgan fingerprint density at radius 1 is 1.14 bits per heavy atom. The third-order valence-corrected chi connectivity index (χ3v) is 3.26. The summed E-state index contributed by atoms with van der Waals surface area (Å²) in [4.78, 5) is 12.1. The number of carbonyl (C=O) groups is 1. The molecule has 4 nitrogen and oxygen atoms in total. The SMILES string of the molecule is CC(C)Cc1ccc([C@@H](C)C(=O)N[C@@H](C)O[C@H](C)O)cc1. The zero-order valence-electron chi connectivity index (χ0n) is 13.6. The first-order chi connectivity index (χ1) is 9.79. The quantitative estimate of drug-likeness (QED) is 0.760. The molecule has 1 amide bonds. The van der Waals surface area contributed by atoms with Crippen LogP contribution in [0.25, 0.3) is 0 Å². The smallest absolute Gasteiger partial charge is 0.229 e. The van der Waals surface area contributed by atoms with Crippen molar-refractivity contribution in [2.24, 2.45) is 5.92 Å². The molecule has 3 atom stereocenters. The van der Waals surface area contributed by atoms with E-state index in [1.54, 1.807) is 6.92 Å². The van der Waals surface area contributed by atoms with E-state index >= 15 is 0 Å². The third-order valence-electron chi connectivity index (χ3n) is 3.26. The van der Waals surface area contributed by atoms with Crippen LogP contribution in [0, 0.1) is 5.92 Å². The van der Waals surface area contributed by atoms with Crippen molar-refractivity contribution < 1.29 is 14.6 Å². The van der Waals surface area contributed by atoms with Gasteiger partial charge in [0.2, 0.25) is 5.91 Å². The second-order valence-electron chi connectivity index (χ2n) is 5.95. The fourth-order valence-electron chi connectivity index (χ4n) is 2.22. The van der Waals surface area contributed by atoms with Crippen molar-refractivity contribution in [2.75, 3.05) is 0 Å². The van der Waals surface area contributed by atoms with Gasteiger partial charge in [-0.2, -0.15) is 0 Å². The van der Waals surface area contributed by atoms with E-state index < -0.39 is 12.5 Å². The van der Waals surface area contributed by atoms with E-state index in [2.05, 4.69) is 31.3 Å². The molecule has 0 aliphatic rings. The zero-order chi connectivity index (χ0) is 16.0. The van der Waals surface area contributed by atoms with Gasteiger partial charge in [0.25, 0.3) is 0 Å². The molecule has 0 bridgehead atoms. The number of carbonyl (C=O) groups excluding carboxylic acids is 1. The summed E-state index contributed by atoms with van der Waals surface area (Å²) in [7, 11) is 0. The van der Waals surface area contributed by atoms with Crippen molar-refractivity contribution >= 4 is 5.91 Å². The number of benzene rings is 1. The highest BCUT2D eigenvalue weighted by Gasteiger charge is 2.18. The molecule has 1 aromatic rings. The van der Waals surface area contributed by atoms with Crippen LogP contribution >= 0.6 is 0 Å². The molecule has 0 aromatic heterocycles. The molecule has 2 N–H and O–H groups in total. The van der Waals surface area contributed by atoms with Crippen LogP contribution in [0.5, 0.6) is 0 Å². The second kappa shape index (κ2) is 8.15. The molecular weight excluding hydrogens is 266 g/mol. The van der Waals surface area contributed by atoms with Crippen LogP contribution in [0.15, 0.2) is 24.3 Å². The average molecular weight is 293 g/mol. The van der Waals surface area contributed by atoms with Gasteiger partial charge in [0.05, 0.1) is 5.92 Å². The molecule has 118 valence electrons. The third kappa shape index (κ3) is 6.27. The fourth-order valence-corrected chi connectivity index (χ4v) is 2.22. The Kier molecular flexibility index (Phi) is 6.85. The Morgan fingerprint density at radius 2 is 1.71 bits per heavy atom. The van der Waals surface area contributed by atoms with E-state index in [1.165, 1.54) is 12.5 Å². The predicted octanol–water partition coefficient (Wildman–Crippen LogP) is 2.81. The highest BCUT2D eigenvalue weighted by molar-refractivity contribution is 5.83. The molecule has 1 aromatic carbocycles. The van der Waals surface area contributed by atoms with Gasteiger partial charge in [-0.1, -0.05) is 38.1 Å². The van der Waals surface area contributed by atoms with Crippen molar-refractivity contribution in [3.05, 3.63) is 35.4 Å². The normalized spacial score (nSPS) is 15.6. The lowest BCUT2D eigenvalue weighted by molar-refractivity contribution is -0.143. The molecule has 0 unspecified atom stereocenters. The number of nitrogens with one attached hydrogen (secondary N) is 1. The number of hydrogen-bond donors (Lipinski definition) is 2. The molecule has 0 spiro atoms. The van der Waals surface area contributed by atoms with Gasteiger partial charge in [-0.3, -0.25) is 4.79 Å². The zero-order valence-corrected chi connectivity index (χ0v) is 13.6. The highest BCUT2D eigenvalue weighted by atomic mass is 16.6. The lowest BCUT2D eigenvalue weighted by Crippen LogP contribution is -2.38. The van der Waals surface area contributed by atoms with E-state index in [9.17, 15) is 4.79 Å². The summed E-state index contributed by atoms with van der Waals surface area (Å²) >= 11 is 0. The van der Waals surface area contributed by atoms with Crippen molar-refractivity contribution in [3.8, 4) is 0 Å². The Balaban J connectivity index is 2.61. The fraction of sp³-hybridized carbons (Fsp3) is 0.588. The van der Waals surface area contributed by atoms with Crippen LogP contribution in [0.3, 0.4) is 0 Å². The van der Waals surface area contributed by atoms with Gasteiger partial charge < -0.3 is 15.2 Å². The van der Waals surface area contributed by atoms with Crippen LogP contribution < -0.4 is 5.32 Å². The Hall–Kier alpha value is -1.39. The number of aliphatic hydroxyl groups excluding tert-OH is 1. The van der Waals surface area contributed by atoms with E-state index in [1.807, 2.05) is 19.1 Å². The van der Waals surface area contributed by atoms with E-state index in [-0.39, 0.29) is 11.8 Å². The summed E-state index contributed by atoms with van der Waals surface area (Å²) in [5.74, 6) is 0.257. The summed E-state index contributed by atoms with van der Waals surface area (Å²) in [6, 6.07) is 8.16.